The van der Waals surface area contributed by atoms with Gasteiger partial charge < -0.3 is 4.84 Å². The van der Waals surface area contributed by atoms with Gasteiger partial charge in [0.2, 0.25) is 0 Å². The SMILES string of the molecule is Cl.Cn1cc(C2CCON2)cn1. The highest BCUT2D eigenvalue weighted by molar-refractivity contribution is 5.85. The van der Waals surface area contributed by atoms with E-state index in [9.17, 15) is 0 Å². The molecule has 0 aliphatic carbocycles. The Balaban J connectivity index is 0.000000720. The molecule has 2 heterocycles. The second kappa shape index (κ2) is 3.89. The van der Waals surface area contributed by atoms with Gasteiger partial charge >= 0.3 is 0 Å². The lowest BCUT2D eigenvalue weighted by atomic mass is 10.1. The van der Waals surface area contributed by atoms with E-state index in [0.29, 0.717) is 6.04 Å². The van der Waals surface area contributed by atoms with Crippen molar-refractivity contribution in [2.45, 2.75) is 12.5 Å². The van der Waals surface area contributed by atoms with Crippen molar-refractivity contribution >= 4 is 12.4 Å². The van der Waals surface area contributed by atoms with Crippen LogP contribution in [0.3, 0.4) is 0 Å². The standard InChI is InChI=1S/C7H11N3O.ClH/c1-10-5-6(4-8-10)7-2-3-11-9-7;/h4-5,7,9H,2-3H2,1H3;1H. The minimum atomic E-state index is 0. The molecule has 0 amide bonds. The van der Waals surface area contributed by atoms with Crippen molar-refractivity contribution in [2.24, 2.45) is 7.05 Å². The Hall–Kier alpha value is -0.580. The smallest absolute Gasteiger partial charge is 0.0701 e. The summed E-state index contributed by atoms with van der Waals surface area (Å²) in [4.78, 5) is 5.03. The second-order valence-electron chi connectivity index (χ2n) is 2.75. The summed E-state index contributed by atoms with van der Waals surface area (Å²) in [5.74, 6) is 0. The number of aromatic nitrogens is 2. The van der Waals surface area contributed by atoms with Crippen molar-refractivity contribution in [2.75, 3.05) is 6.61 Å². The summed E-state index contributed by atoms with van der Waals surface area (Å²) in [7, 11) is 1.92. The van der Waals surface area contributed by atoms with Gasteiger partial charge in [-0.2, -0.15) is 10.6 Å². The van der Waals surface area contributed by atoms with E-state index in [1.165, 1.54) is 5.56 Å². The molecule has 1 unspecified atom stereocenters. The van der Waals surface area contributed by atoms with Crippen LogP contribution in [0.15, 0.2) is 12.4 Å². The molecule has 5 heteroatoms. The average Bonchev–Trinajstić information content (AvgIpc) is 2.55. The number of rotatable bonds is 1. The van der Waals surface area contributed by atoms with E-state index < -0.39 is 0 Å². The molecule has 1 atom stereocenters. The zero-order chi connectivity index (χ0) is 7.68. The normalized spacial score (nSPS) is 22.2. The van der Waals surface area contributed by atoms with E-state index in [4.69, 9.17) is 4.84 Å². The van der Waals surface area contributed by atoms with Crippen LogP contribution < -0.4 is 5.48 Å². The van der Waals surface area contributed by atoms with Crippen LogP contribution in [-0.2, 0) is 11.9 Å². The van der Waals surface area contributed by atoms with E-state index in [0.717, 1.165) is 13.0 Å². The average molecular weight is 190 g/mol. The second-order valence-corrected chi connectivity index (χ2v) is 2.75. The zero-order valence-electron chi connectivity index (χ0n) is 6.86. The molecule has 1 aliphatic heterocycles. The van der Waals surface area contributed by atoms with Gasteiger partial charge in [0, 0.05) is 18.8 Å². The highest BCUT2D eigenvalue weighted by atomic mass is 35.5. The van der Waals surface area contributed by atoms with Crippen molar-refractivity contribution in [3.63, 3.8) is 0 Å². The van der Waals surface area contributed by atoms with Crippen LogP contribution in [0, 0.1) is 0 Å². The van der Waals surface area contributed by atoms with Crippen LogP contribution in [0.5, 0.6) is 0 Å². The first kappa shape index (κ1) is 9.51. The Bertz CT molecular complexity index is 245. The summed E-state index contributed by atoms with van der Waals surface area (Å²) < 4.78 is 1.80. The molecule has 0 saturated carbocycles. The molecule has 1 fully saturated rings. The van der Waals surface area contributed by atoms with Gasteiger partial charge in [0.15, 0.2) is 0 Å². The van der Waals surface area contributed by atoms with Crippen molar-refractivity contribution in [3.05, 3.63) is 18.0 Å². The van der Waals surface area contributed by atoms with Gasteiger partial charge in [0.05, 0.1) is 18.8 Å². The van der Waals surface area contributed by atoms with E-state index >= 15 is 0 Å². The predicted molar refractivity (Wildman–Crippen MR) is 46.9 cm³/mol. The lowest BCUT2D eigenvalue weighted by molar-refractivity contribution is 0.0883. The molecule has 0 aromatic carbocycles. The maximum atomic E-state index is 5.03. The number of aryl methyl sites for hydroxylation is 1. The molecule has 2 rings (SSSR count). The van der Waals surface area contributed by atoms with E-state index in [1.54, 1.807) is 4.68 Å². The third kappa shape index (κ3) is 1.77. The topological polar surface area (TPSA) is 39.1 Å². The first-order valence-electron chi connectivity index (χ1n) is 3.72. The number of nitrogens with one attached hydrogen (secondary N) is 1. The van der Waals surface area contributed by atoms with Gasteiger partial charge in [-0.3, -0.25) is 4.68 Å². The van der Waals surface area contributed by atoms with Crippen LogP contribution in [0.25, 0.3) is 0 Å². The summed E-state index contributed by atoms with van der Waals surface area (Å²) in [5.41, 5.74) is 4.13. The van der Waals surface area contributed by atoms with Crippen LogP contribution in [0.1, 0.15) is 18.0 Å². The minimum absolute atomic E-state index is 0. The molecular weight excluding hydrogens is 178 g/mol. The summed E-state index contributed by atoms with van der Waals surface area (Å²) in [5, 5.41) is 4.08. The number of nitrogens with zero attached hydrogens (tertiary/aromatic N) is 2. The van der Waals surface area contributed by atoms with Gasteiger partial charge in [-0.25, -0.2) is 0 Å². The Morgan fingerprint density at radius 3 is 3.08 bits per heavy atom. The van der Waals surface area contributed by atoms with Gasteiger partial charge in [0.1, 0.15) is 0 Å². The van der Waals surface area contributed by atoms with Crippen molar-refractivity contribution in [1.82, 2.24) is 15.3 Å². The summed E-state index contributed by atoms with van der Waals surface area (Å²) in [6, 6.07) is 0.337. The maximum absolute atomic E-state index is 5.03. The fourth-order valence-electron chi connectivity index (χ4n) is 1.25. The molecule has 12 heavy (non-hydrogen) atoms. The van der Waals surface area contributed by atoms with Crippen LogP contribution in [0.2, 0.25) is 0 Å². The Kier molecular flexibility index (Phi) is 3.08. The van der Waals surface area contributed by atoms with Crippen molar-refractivity contribution in [3.8, 4) is 0 Å². The molecule has 0 bridgehead atoms. The Morgan fingerprint density at radius 1 is 1.75 bits per heavy atom. The number of hydrogen-bond acceptors (Lipinski definition) is 3. The lowest BCUT2D eigenvalue weighted by Gasteiger charge is -2.02. The van der Waals surface area contributed by atoms with Gasteiger partial charge in [-0.05, 0) is 6.42 Å². The predicted octanol–water partition coefficient (Wildman–Crippen LogP) is 0.808. The molecule has 4 nitrogen and oxygen atoms in total. The molecule has 1 aromatic rings. The van der Waals surface area contributed by atoms with Gasteiger partial charge in [-0.15, -0.1) is 12.4 Å². The van der Waals surface area contributed by atoms with Gasteiger partial charge in [0.25, 0.3) is 0 Å². The fourth-order valence-corrected chi connectivity index (χ4v) is 1.25. The molecule has 0 radical (unpaired) electrons. The molecule has 1 saturated heterocycles. The molecule has 1 aliphatic rings. The highest BCUT2D eigenvalue weighted by Gasteiger charge is 2.17. The minimum Gasteiger partial charge on any atom is -0.301 e. The Labute approximate surface area is 77.3 Å². The lowest BCUT2D eigenvalue weighted by Crippen LogP contribution is -2.10. The quantitative estimate of drug-likeness (QED) is 0.711. The van der Waals surface area contributed by atoms with E-state index in [-0.39, 0.29) is 12.4 Å². The van der Waals surface area contributed by atoms with Crippen LogP contribution in [-0.4, -0.2) is 16.4 Å². The molecule has 68 valence electrons. The first-order chi connectivity index (χ1) is 5.36. The Morgan fingerprint density at radius 2 is 2.58 bits per heavy atom. The van der Waals surface area contributed by atoms with E-state index in [1.807, 2.05) is 19.4 Å². The number of halogens is 1. The molecular formula is C7H12ClN3O. The van der Waals surface area contributed by atoms with Crippen molar-refractivity contribution < 1.29 is 4.84 Å². The van der Waals surface area contributed by atoms with Gasteiger partial charge in [-0.1, -0.05) is 0 Å². The van der Waals surface area contributed by atoms with Crippen LogP contribution >= 0.6 is 12.4 Å². The molecule has 1 aromatic heterocycles. The van der Waals surface area contributed by atoms with Crippen LogP contribution in [0.4, 0.5) is 0 Å². The largest absolute Gasteiger partial charge is 0.301 e. The molecule has 0 spiro atoms. The maximum Gasteiger partial charge on any atom is 0.0701 e. The first-order valence-corrected chi connectivity index (χ1v) is 3.72. The highest BCUT2D eigenvalue weighted by Crippen LogP contribution is 2.19. The monoisotopic (exact) mass is 189 g/mol. The zero-order valence-corrected chi connectivity index (χ0v) is 7.67. The fraction of sp³-hybridized carbons (Fsp3) is 0.571. The van der Waals surface area contributed by atoms with E-state index in [2.05, 4.69) is 10.6 Å². The number of hydroxylamine groups is 1. The molecule has 1 N–H and O–H groups in total. The summed E-state index contributed by atoms with van der Waals surface area (Å²) in [6.07, 6.45) is 4.91. The van der Waals surface area contributed by atoms with Crippen molar-refractivity contribution in [1.29, 1.82) is 0 Å². The summed E-state index contributed by atoms with van der Waals surface area (Å²) in [6.45, 7) is 0.791. The number of hydrogen-bond donors (Lipinski definition) is 1. The summed E-state index contributed by atoms with van der Waals surface area (Å²) >= 11 is 0. The third-order valence-electron chi connectivity index (χ3n) is 1.86. The third-order valence-corrected chi connectivity index (χ3v) is 1.86.